The molecule has 0 fully saturated rings. The highest BCUT2D eigenvalue weighted by Crippen LogP contribution is 1.96. The Bertz CT molecular complexity index is 545. The minimum absolute atomic E-state index is 0.237. The van der Waals surface area contributed by atoms with E-state index in [-0.39, 0.29) is 5.91 Å². The highest BCUT2D eigenvalue weighted by atomic mass is 16.2. The minimum Gasteiger partial charge on any atom is -0.350 e. The summed E-state index contributed by atoms with van der Waals surface area (Å²) in [5.74, 6) is -0.237. The van der Waals surface area contributed by atoms with Gasteiger partial charge in [0, 0.05) is 32.8 Å². The van der Waals surface area contributed by atoms with Crippen molar-refractivity contribution >= 4 is 5.91 Å². The van der Waals surface area contributed by atoms with E-state index in [1.807, 2.05) is 19.3 Å². The summed E-state index contributed by atoms with van der Waals surface area (Å²) >= 11 is 0. The topological polar surface area (TPSA) is 104 Å². The van der Waals surface area contributed by atoms with Gasteiger partial charge in [-0.05, 0) is 6.07 Å². The fraction of sp³-hybridized carbons (Fsp3) is 0.455. The monoisotopic (exact) mass is 263 g/mol. The van der Waals surface area contributed by atoms with Crippen LogP contribution in [0.5, 0.6) is 0 Å². The SMILES string of the molecule is Cn1ccc(CCNC(=O)c2cn(CCN)nn2)n1. The van der Waals surface area contributed by atoms with Gasteiger partial charge in [0.25, 0.3) is 5.91 Å². The molecule has 0 aromatic carbocycles. The van der Waals surface area contributed by atoms with E-state index in [2.05, 4.69) is 20.7 Å². The predicted molar refractivity (Wildman–Crippen MR) is 68.3 cm³/mol. The zero-order valence-corrected chi connectivity index (χ0v) is 10.8. The Labute approximate surface area is 110 Å². The van der Waals surface area contributed by atoms with Gasteiger partial charge in [-0.2, -0.15) is 5.10 Å². The molecule has 102 valence electrons. The smallest absolute Gasteiger partial charge is 0.273 e. The van der Waals surface area contributed by atoms with E-state index in [0.717, 1.165) is 5.69 Å². The first-order valence-corrected chi connectivity index (χ1v) is 6.06. The van der Waals surface area contributed by atoms with Gasteiger partial charge < -0.3 is 11.1 Å². The first-order valence-electron chi connectivity index (χ1n) is 6.06. The summed E-state index contributed by atoms with van der Waals surface area (Å²) < 4.78 is 3.28. The van der Waals surface area contributed by atoms with Crippen LogP contribution in [0.3, 0.4) is 0 Å². The molecule has 2 heterocycles. The lowest BCUT2D eigenvalue weighted by molar-refractivity contribution is 0.0949. The number of nitrogens with zero attached hydrogens (tertiary/aromatic N) is 5. The lowest BCUT2D eigenvalue weighted by atomic mass is 10.3. The first-order chi connectivity index (χ1) is 9.19. The van der Waals surface area contributed by atoms with Crippen molar-refractivity contribution in [2.45, 2.75) is 13.0 Å². The standard InChI is InChI=1S/C11H17N7O/c1-17-6-3-9(15-17)2-5-13-11(19)10-8-18(7-4-12)16-14-10/h3,6,8H,2,4-5,7,12H2,1H3,(H,13,19). The van der Waals surface area contributed by atoms with Crippen molar-refractivity contribution in [2.75, 3.05) is 13.1 Å². The number of nitrogens with two attached hydrogens (primary N) is 1. The Balaban J connectivity index is 1.80. The molecule has 0 aliphatic carbocycles. The molecule has 0 aliphatic rings. The van der Waals surface area contributed by atoms with E-state index in [1.165, 1.54) is 0 Å². The van der Waals surface area contributed by atoms with Gasteiger partial charge in [0.05, 0.1) is 18.4 Å². The number of aryl methyl sites for hydroxylation is 1. The summed E-state index contributed by atoms with van der Waals surface area (Å²) in [6.07, 6.45) is 4.14. The van der Waals surface area contributed by atoms with Gasteiger partial charge in [-0.15, -0.1) is 5.10 Å². The van der Waals surface area contributed by atoms with E-state index >= 15 is 0 Å². The molecule has 8 heteroatoms. The average molecular weight is 263 g/mol. The lowest BCUT2D eigenvalue weighted by Gasteiger charge is -2.00. The summed E-state index contributed by atoms with van der Waals surface area (Å²) in [6, 6.07) is 1.92. The number of hydrogen-bond acceptors (Lipinski definition) is 5. The highest BCUT2D eigenvalue weighted by molar-refractivity contribution is 5.91. The molecule has 0 radical (unpaired) electrons. The fourth-order valence-corrected chi connectivity index (χ4v) is 1.64. The van der Waals surface area contributed by atoms with Gasteiger partial charge in [0.1, 0.15) is 0 Å². The van der Waals surface area contributed by atoms with Crippen LogP contribution in [0, 0.1) is 0 Å². The third kappa shape index (κ3) is 3.62. The third-order valence-corrected chi connectivity index (χ3v) is 2.57. The van der Waals surface area contributed by atoms with Gasteiger partial charge in [-0.3, -0.25) is 14.2 Å². The van der Waals surface area contributed by atoms with Crippen LogP contribution in [0.15, 0.2) is 18.5 Å². The maximum atomic E-state index is 11.8. The van der Waals surface area contributed by atoms with E-state index in [0.29, 0.717) is 31.7 Å². The molecular weight excluding hydrogens is 246 g/mol. The summed E-state index contributed by atoms with van der Waals surface area (Å²) in [4.78, 5) is 11.8. The van der Waals surface area contributed by atoms with E-state index in [9.17, 15) is 4.79 Å². The van der Waals surface area contributed by atoms with Crippen LogP contribution >= 0.6 is 0 Å². The first kappa shape index (κ1) is 13.2. The second kappa shape index (κ2) is 6.10. The molecule has 0 spiro atoms. The van der Waals surface area contributed by atoms with E-state index < -0.39 is 0 Å². The Kier molecular flexibility index (Phi) is 4.24. The van der Waals surface area contributed by atoms with Gasteiger partial charge >= 0.3 is 0 Å². The van der Waals surface area contributed by atoms with E-state index in [4.69, 9.17) is 5.73 Å². The molecule has 3 N–H and O–H groups in total. The second-order valence-electron chi connectivity index (χ2n) is 4.14. The van der Waals surface area contributed by atoms with Gasteiger partial charge in [-0.25, -0.2) is 0 Å². The van der Waals surface area contributed by atoms with E-state index in [1.54, 1.807) is 15.6 Å². The molecule has 0 unspecified atom stereocenters. The van der Waals surface area contributed by atoms with Crippen molar-refractivity contribution in [1.29, 1.82) is 0 Å². The zero-order chi connectivity index (χ0) is 13.7. The zero-order valence-electron chi connectivity index (χ0n) is 10.8. The summed E-state index contributed by atoms with van der Waals surface area (Å²) in [5, 5.41) is 14.6. The second-order valence-corrected chi connectivity index (χ2v) is 4.14. The molecule has 0 aliphatic heterocycles. The normalized spacial score (nSPS) is 10.6. The van der Waals surface area contributed by atoms with Crippen LogP contribution in [0.4, 0.5) is 0 Å². The molecule has 1 amide bonds. The average Bonchev–Trinajstić information content (AvgIpc) is 2.99. The molecule has 0 saturated heterocycles. The van der Waals surface area contributed by atoms with Crippen LogP contribution in [0.1, 0.15) is 16.2 Å². The Morgan fingerprint density at radius 2 is 2.37 bits per heavy atom. The molecule has 19 heavy (non-hydrogen) atoms. The predicted octanol–water partition coefficient (Wildman–Crippen LogP) is -1.06. The van der Waals surface area contributed by atoms with Crippen molar-refractivity contribution in [1.82, 2.24) is 30.1 Å². The molecule has 0 atom stereocenters. The van der Waals surface area contributed by atoms with Crippen LogP contribution in [-0.2, 0) is 20.0 Å². The summed E-state index contributed by atoms with van der Waals surface area (Å²) in [7, 11) is 1.86. The number of amides is 1. The van der Waals surface area contributed by atoms with Crippen LogP contribution < -0.4 is 11.1 Å². The number of aromatic nitrogens is 5. The van der Waals surface area contributed by atoms with Gasteiger partial charge in [0.2, 0.25) is 0 Å². The molecular formula is C11H17N7O. The Morgan fingerprint density at radius 1 is 1.53 bits per heavy atom. The maximum absolute atomic E-state index is 11.8. The molecule has 8 nitrogen and oxygen atoms in total. The quantitative estimate of drug-likeness (QED) is 0.691. The highest BCUT2D eigenvalue weighted by Gasteiger charge is 2.10. The molecule has 0 bridgehead atoms. The number of rotatable bonds is 6. The van der Waals surface area contributed by atoms with Gasteiger partial charge in [0.15, 0.2) is 5.69 Å². The third-order valence-electron chi connectivity index (χ3n) is 2.57. The number of carbonyl (C=O) groups is 1. The maximum Gasteiger partial charge on any atom is 0.273 e. The van der Waals surface area contributed by atoms with Crippen molar-refractivity contribution in [3.8, 4) is 0 Å². The van der Waals surface area contributed by atoms with Crippen LogP contribution in [0.2, 0.25) is 0 Å². The lowest BCUT2D eigenvalue weighted by Crippen LogP contribution is -2.26. The van der Waals surface area contributed by atoms with Crippen molar-refractivity contribution in [3.63, 3.8) is 0 Å². The number of nitrogens with one attached hydrogen (secondary N) is 1. The van der Waals surface area contributed by atoms with Crippen molar-refractivity contribution in [3.05, 3.63) is 29.8 Å². The Hall–Kier alpha value is -2.22. The number of hydrogen-bond donors (Lipinski definition) is 2. The summed E-state index contributed by atoms with van der Waals surface area (Å²) in [5.41, 5.74) is 6.63. The molecule has 2 aromatic rings. The Morgan fingerprint density at radius 3 is 3.05 bits per heavy atom. The minimum atomic E-state index is -0.237. The molecule has 2 rings (SSSR count). The van der Waals surface area contributed by atoms with Crippen molar-refractivity contribution < 1.29 is 4.79 Å². The fourth-order valence-electron chi connectivity index (χ4n) is 1.64. The molecule has 2 aromatic heterocycles. The summed E-state index contributed by atoms with van der Waals surface area (Å²) in [6.45, 7) is 1.53. The van der Waals surface area contributed by atoms with Crippen molar-refractivity contribution in [2.24, 2.45) is 12.8 Å². The van der Waals surface area contributed by atoms with Gasteiger partial charge in [-0.1, -0.05) is 5.21 Å². The van der Waals surface area contributed by atoms with Crippen LogP contribution in [-0.4, -0.2) is 43.8 Å². The number of carbonyl (C=O) groups excluding carboxylic acids is 1. The largest absolute Gasteiger partial charge is 0.350 e. The van der Waals surface area contributed by atoms with Crippen LogP contribution in [0.25, 0.3) is 0 Å². The molecule has 0 saturated carbocycles.